The minimum atomic E-state index is -0.151. The van der Waals surface area contributed by atoms with Gasteiger partial charge in [-0.05, 0) is 18.4 Å². The van der Waals surface area contributed by atoms with Crippen molar-refractivity contribution >= 4 is 23.2 Å². The van der Waals surface area contributed by atoms with Crippen molar-refractivity contribution in [2.24, 2.45) is 0 Å². The first kappa shape index (κ1) is 18.6. The van der Waals surface area contributed by atoms with E-state index in [9.17, 15) is 9.59 Å². The van der Waals surface area contributed by atoms with Gasteiger partial charge in [-0.3, -0.25) is 19.4 Å². The van der Waals surface area contributed by atoms with Gasteiger partial charge in [0.1, 0.15) is 0 Å². The molecule has 1 aromatic rings. The standard InChI is InChI=1S/C17H26N4O2S/c1-3-6-18-16(22)13-20-7-9-21(10-8-20)14(2)17(23)19-12-15-5-4-11-24-15/h3-5,11,14H,1,6-10,12-13H2,2H3,(H,18,22)(H,19,23). The zero-order chi connectivity index (χ0) is 17.4. The van der Waals surface area contributed by atoms with Crippen LogP contribution in [-0.4, -0.2) is 66.9 Å². The lowest BCUT2D eigenvalue weighted by Gasteiger charge is -2.37. The number of carbonyl (C=O) groups is 2. The van der Waals surface area contributed by atoms with Gasteiger partial charge in [0, 0.05) is 37.6 Å². The van der Waals surface area contributed by atoms with Crippen LogP contribution in [-0.2, 0) is 16.1 Å². The normalized spacial score (nSPS) is 17.2. The van der Waals surface area contributed by atoms with Crippen LogP contribution in [0.4, 0.5) is 0 Å². The van der Waals surface area contributed by atoms with E-state index in [1.807, 2.05) is 24.4 Å². The molecule has 1 fully saturated rings. The molecule has 2 rings (SSSR count). The number of hydrogen-bond acceptors (Lipinski definition) is 5. The van der Waals surface area contributed by atoms with Crippen LogP contribution in [0.5, 0.6) is 0 Å². The van der Waals surface area contributed by atoms with Gasteiger partial charge in [0.15, 0.2) is 0 Å². The molecule has 1 saturated heterocycles. The monoisotopic (exact) mass is 350 g/mol. The molecule has 2 amide bonds. The first-order chi connectivity index (χ1) is 11.6. The summed E-state index contributed by atoms with van der Waals surface area (Å²) in [5.74, 6) is 0.0747. The summed E-state index contributed by atoms with van der Waals surface area (Å²) in [5.41, 5.74) is 0. The van der Waals surface area contributed by atoms with Gasteiger partial charge in [0.05, 0.1) is 19.1 Å². The molecule has 1 aliphatic rings. The summed E-state index contributed by atoms with van der Waals surface area (Å²) >= 11 is 1.64. The number of nitrogens with zero attached hydrogens (tertiary/aromatic N) is 2. The highest BCUT2D eigenvalue weighted by Crippen LogP contribution is 2.09. The Morgan fingerprint density at radius 2 is 2.08 bits per heavy atom. The molecule has 1 aliphatic heterocycles. The molecule has 7 heteroatoms. The molecule has 6 nitrogen and oxygen atoms in total. The Morgan fingerprint density at radius 1 is 1.33 bits per heavy atom. The number of thiophene rings is 1. The van der Waals surface area contributed by atoms with E-state index in [-0.39, 0.29) is 17.9 Å². The Labute approximate surface area is 147 Å². The third-order valence-electron chi connectivity index (χ3n) is 4.16. The van der Waals surface area contributed by atoms with Gasteiger partial charge in [0.2, 0.25) is 11.8 Å². The zero-order valence-electron chi connectivity index (χ0n) is 14.2. The lowest BCUT2D eigenvalue weighted by atomic mass is 10.2. The van der Waals surface area contributed by atoms with E-state index < -0.39 is 0 Å². The molecule has 0 radical (unpaired) electrons. The summed E-state index contributed by atoms with van der Waals surface area (Å²) in [6.07, 6.45) is 1.67. The fourth-order valence-corrected chi connectivity index (χ4v) is 3.30. The number of carbonyl (C=O) groups excluding carboxylic acids is 2. The molecule has 0 aliphatic carbocycles. The van der Waals surface area contributed by atoms with E-state index in [1.54, 1.807) is 17.4 Å². The van der Waals surface area contributed by atoms with Gasteiger partial charge in [-0.15, -0.1) is 17.9 Å². The van der Waals surface area contributed by atoms with Gasteiger partial charge < -0.3 is 10.6 Å². The van der Waals surface area contributed by atoms with Crippen LogP contribution in [0.2, 0.25) is 0 Å². The Morgan fingerprint density at radius 3 is 2.71 bits per heavy atom. The van der Waals surface area contributed by atoms with Crippen LogP contribution >= 0.6 is 11.3 Å². The van der Waals surface area contributed by atoms with Crippen molar-refractivity contribution in [1.29, 1.82) is 0 Å². The molecule has 1 atom stereocenters. The predicted molar refractivity (Wildman–Crippen MR) is 96.8 cm³/mol. The highest BCUT2D eigenvalue weighted by molar-refractivity contribution is 7.09. The van der Waals surface area contributed by atoms with E-state index in [2.05, 4.69) is 27.0 Å². The maximum absolute atomic E-state index is 12.3. The molecule has 0 saturated carbocycles. The van der Waals surface area contributed by atoms with E-state index >= 15 is 0 Å². The largest absolute Gasteiger partial charge is 0.352 e. The van der Waals surface area contributed by atoms with Crippen LogP contribution in [0.25, 0.3) is 0 Å². The SMILES string of the molecule is C=CCNC(=O)CN1CCN(C(C)C(=O)NCc2cccs2)CC1. The third-order valence-corrected chi connectivity index (χ3v) is 5.04. The van der Waals surface area contributed by atoms with Gasteiger partial charge in [-0.25, -0.2) is 0 Å². The highest BCUT2D eigenvalue weighted by Gasteiger charge is 2.26. The van der Waals surface area contributed by atoms with Gasteiger partial charge in [-0.1, -0.05) is 12.1 Å². The fourth-order valence-electron chi connectivity index (χ4n) is 2.65. The average molecular weight is 350 g/mol. The molecule has 0 spiro atoms. The van der Waals surface area contributed by atoms with Gasteiger partial charge >= 0.3 is 0 Å². The summed E-state index contributed by atoms with van der Waals surface area (Å²) in [6, 6.07) is 3.85. The van der Waals surface area contributed by atoms with Crippen molar-refractivity contribution in [1.82, 2.24) is 20.4 Å². The van der Waals surface area contributed by atoms with Crippen molar-refractivity contribution in [2.75, 3.05) is 39.3 Å². The number of nitrogens with one attached hydrogen (secondary N) is 2. The van der Waals surface area contributed by atoms with E-state index in [0.717, 1.165) is 31.1 Å². The van der Waals surface area contributed by atoms with Crippen molar-refractivity contribution in [3.05, 3.63) is 35.0 Å². The van der Waals surface area contributed by atoms with E-state index in [4.69, 9.17) is 0 Å². The van der Waals surface area contributed by atoms with Gasteiger partial charge in [-0.2, -0.15) is 0 Å². The number of piperazine rings is 1. The quantitative estimate of drug-likeness (QED) is 0.677. The number of amides is 2. The molecule has 132 valence electrons. The summed E-state index contributed by atoms with van der Waals surface area (Å²) < 4.78 is 0. The maximum Gasteiger partial charge on any atom is 0.237 e. The summed E-state index contributed by atoms with van der Waals surface area (Å²) in [7, 11) is 0. The van der Waals surface area contributed by atoms with Crippen LogP contribution in [0.3, 0.4) is 0 Å². The summed E-state index contributed by atoms with van der Waals surface area (Å²) in [6.45, 7) is 10.2. The minimum absolute atomic E-state index is 0.0186. The number of rotatable bonds is 8. The maximum atomic E-state index is 12.3. The van der Waals surface area contributed by atoms with Crippen molar-refractivity contribution in [3.63, 3.8) is 0 Å². The van der Waals surface area contributed by atoms with Crippen LogP contribution in [0, 0.1) is 0 Å². The zero-order valence-corrected chi connectivity index (χ0v) is 15.0. The van der Waals surface area contributed by atoms with Crippen LogP contribution < -0.4 is 10.6 Å². The fraction of sp³-hybridized carbons (Fsp3) is 0.529. The first-order valence-electron chi connectivity index (χ1n) is 8.24. The van der Waals surface area contributed by atoms with Gasteiger partial charge in [0.25, 0.3) is 0 Å². The number of hydrogen-bond donors (Lipinski definition) is 2. The van der Waals surface area contributed by atoms with E-state index in [1.165, 1.54) is 0 Å². The third kappa shape index (κ3) is 5.74. The molecular formula is C17H26N4O2S. The molecule has 1 aromatic heterocycles. The molecule has 1 unspecified atom stereocenters. The molecule has 2 heterocycles. The highest BCUT2D eigenvalue weighted by atomic mass is 32.1. The lowest BCUT2D eigenvalue weighted by molar-refractivity contribution is -0.128. The molecule has 2 N–H and O–H groups in total. The Balaban J connectivity index is 1.69. The first-order valence-corrected chi connectivity index (χ1v) is 9.12. The second-order valence-electron chi connectivity index (χ2n) is 5.88. The summed E-state index contributed by atoms with van der Waals surface area (Å²) in [5, 5.41) is 7.79. The van der Waals surface area contributed by atoms with Crippen molar-refractivity contribution in [3.8, 4) is 0 Å². The molecule has 0 bridgehead atoms. The second kappa shape index (κ2) is 9.56. The Bertz CT molecular complexity index is 539. The molecular weight excluding hydrogens is 324 g/mol. The Hall–Kier alpha value is -1.70. The van der Waals surface area contributed by atoms with E-state index in [0.29, 0.717) is 19.6 Å². The van der Waals surface area contributed by atoms with Crippen LogP contribution in [0.1, 0.15) is 11.8 Å². The van der Waals surface area contributed by atoms with Crippen LogP contribution in [0.15, 0.2) is 30.2 Å². The second-order valence-corrected chi connectivity index (χ2v) is 6.91. The molecule has 0 aromatic carbocycles. The van der Waals surface area contributed by atoms with Crippen molar-refractivity contribution < 1.29 is 9.59 Å². The average Bonchev–Trinajstić information content (AvgIpc) is 3.11. The minimum Gasteiger partial charge on any atom is -0.352 e. The topological polar surface area (TPSA) is 64.7 Å². The Kier molecular flexibility index (Phi) is 7.42. The predicted octanol–water partition coefficient (Wildman–Crippen LogP) is 0.673. The summed E-state index contributed by atoms with van der Waals surface area (Å²) in [4.78, 5) is 29.4. The molecule has 24 heavy (non-hydrogen) atoms. The lowest BCUT2D eigenvalue weighted by Crippen LogP contribution is -2.55. The smallest absolute Gasteiger partial charge is 0.237 e. The van der Waals surface area contributed by atoms with Crippen molar-refractivity contribution in [2.45, 2.75) is 19.5 Å².